The monoisotopic (exact) mass is 203 g/mol. The van der Waals surface area contributed by atoms with Gasteiger partial charge in [-0.3, -0.25) is 0 Å². The van der Waals surface area contributed by atoms with Crippen LogP contribution >= 0.6 is 0 Å². The third-order valence-electron chi connectivity index (χ3n) is 3.08. The summed E-state index contributed by atoms with van der Waals surface area (Å²) in [7, 11) is 0. The summed E-state index contributed by atoms with van der Waals surface area (Å²) in [6.45, 7) is 1.91. The first kappa shape index (κ1) is 9.94. The number of hydrogen-bond acceptors (Lipinski definition) is 3. The van der Waals surface area contributed by atoms with Gasteiger partial charge in [-0.25, -0.2) is 4.79 Å². The molecule has 2 rings (SSSR count). The molecule has 0 spiro atoms. The van der Waals surface area contributed by atoms with E-state index in [1.54, 1.807) is 18.2 Å². The number of aryl methyl sites for hydroxylation is 1. The fourth-order valence-electron chi connectivity index (χ4n) is 2.26. The summed E-state index contributed by atoms with van der Waals surface area (Å²) in [5, 5.41) is 9.45. The average Bonchev–Trinajstić information content (AvgIpc) is 2.20. The van der Waals surface area contributed by atoms with Gasteiger partial charge < -0.3 is 5.11 Å². The lowest BCUT2D eigenvalue weighted by Crippen LogP contribution is -2.25. The lowest BCUT2D eigenvalue weighted by Gasteiger charge is -2.31. The van der Waals surface area contributed by atoms with Crippen LogP contribution in [-0.2, 0) is 16.8 Å². The van der Waals surface area contributed by atoms with Crippen molar-refractivity contribution in [2.45, 2.75) is 31.7 Å². The predicted octanol–water partition coefficient (Wildman–Crippen LogP) is 2.28. The summed E-state index contributed by atoms with van der Waals surface area (Å²) < 4.78 is 0. The Labute approximate surface area is 88.5 Å². The van der Waals surface area contributed by atoms with E-state index < -0.39 is 5.54 Å². The molecule has 1 aliphatic carbocycles. The van der Waals surface area contributed by atoms with Crippen molar-refractivity contribution in [1.82, 2.24) is 0 Å². The minimum Gasteiger partial charge on any atom is -0.508 e. The number of carbonyl (C=O) groups excluding carboxylic acids is 1. The predicted molar refractivity (Wildman–Crippen MR) is 56.5 cm³/mol. The third kappa shape index (κ3) is 1.66. The van der Waals surface area contributed by atoms with E-state index in [2.05, 4.69) is 4.99 Å². The minimum absolute atomic E-state index is 0.225. The van der Waals surface area contributed by atoms with Gasteiger partial charge in [0.1, 0.15) is 5.75 Å². The van der Waals surface area contributed by atoms with Crippen LogP contribution in [0.2, 0.25) is 0 Å². The molecule has 0 aromatic heterocycles. The molecule has 0 saturated heterocycles. The number of fused-ring (bicyclic) bond motifs is 1. The zero-order chi connectivity index (χ0) is 10.9. The number of aliphatic imine (C=N–C) groups is 1. The lowest BCUT2D eigenvalue weighted by atomic mass is 9.78. The number of phenolic OH excluding ortho intramolecular Hbond substituents is 1. The quantitative estimate of drug-likeness (QED) is 0.562. The van der Waals surface area contributed by atoms with Gasteiger partial charge in [-0.1, -0.05) is 6.07 Å². The molecule has 1 atom stereocenters. The Kier molecular flexibility index (Phi) is 2.33. The summed E-state index contributed by atoms with van der Waals surface area (Å²) in [4.78, 5) is 14.3. The maximum Gasteiger partial charge on any atom is 0.235 e. The highest BCUT2D eigenvalue weighted by molar-refractivity contribution is 5.44. The smallest absolute Gasteiger partial charge is 0.235 e. The zero-order valence-electron chi connectivity index (χ0n) is 8.66. The van der Waals surface area contributed by atoms with Crippen molar-refractivity contribution in [2.75, 3.05) is 0 Å². The minimum atomic E-state index is -0.506. The molecule has 0 amide bonds. The van der Waals surface area contributed by atoms with E-state index in [4.69, 9.17) is 0 Å². The molecule has 3 nitrogen and oxygen atoms in total. The number of isocyanates is 1. The van der Waals surface area contributed by atoms with Crippen LogP contribution in [0.15, 0.2) is 23.2 Å². The number of hydrogen-bond donors (Lipinski definition) is 1. The number of benzene rings is 1. The van der Waals surface area contributed by atoms with Crippen LogP contribution in [0.5, 0.6) is 5.75 Å². The van der Waals surface area contributed by atoms with Crippen LogP contribution < -0.4 is 0 Å². The van der Waals surface area contributed by atoms with Crippen molar-refractivity contribution in [3.63, 3.8) is 0 Å². The molecule has 15 heavy (non-hydrogen) atoms. The first-order valence-electron chi connectivity index (χ1n) is 5.07. The lowest BCUT2D eigenvalue weighted by molar-refractivity contribution is 0.402. The Hall–Kier alpha value is -1.60. The van der Waals surface area contributed by atoms with Gasteiger partial charge >= 0.3 is 0 Å². The Morgan fingerprint density at radius 2 is 2.33 bits per heavy atom. The number of nitrogens with zero attached hydrogens (tertiary/aromatic N) is 1. The fraction of sp³-hybridized carbons (Fsp3) is 0.417. The van der Waals surface area contributed by atoms with Gasteiger partial charge in [0.25, 0.3) is 0 Å². The Morgan fingerprint density at radius 1 is 1.53 bits per heavy atom. The molecule has 1 unspecified atom stereocenters. The topological polar surface area (TPSA) is 49.7 Å². The van der Waals surface area contributed by atoms with Gasteiger partial charge in [0.15, 0.2) is 0 Å². The first-order valence-corrected chi connectivity index (χ1v) is 5.07. The van der Waals surface area contributed by atoms with Gasteiger partial charge in [-0.05, 0) is 49.4 Å². The molecule has 0 saturated carbocycles. The van der Waals surface area contributed by atoms with Crippen molar-refractivity contribution in [3.8, 4) is 5.75 Å². The van der Waals surface area contributed by atoms with Crippen molar-refractivity contribution in [2.24, 2.45) is 4.99 Å². The molecule has 0 fully saturated rings. The zero-order valence-corrected chi connectivity index (χ0v) is 8.66. The Bertz CT molecular complexity index is 435. The second-order valence-electron chi connectivity index (χ2n) is 4.17. The van der Waals surface area contributed by atoms with Crippen LogP contribution in [0, 0.1) is 0 Å². The summed E-state index contributed by atoms with van der Waals surface area (Å²) in [5.41, 5.74) is 1.62. The number of rotatable bonds is 1. The molecule has 0 heterocycles. The third-order valence-corrected chi connectivity index (χ3v) is 3.08. The van der Waals surface area contributed by atoms with Gasteiger partial charge in [0, 0.05) is 0 Å². The second kappa shape index (κ2) is 3.52. The SMILES string of the molecule is CC1(N=C=O)CCCc2ccc(O)cc21. The van der Waals surface area contributed by atoms with Crippen molar-refractivity contribution in [3.05, 3.63) is 29.3 Å². The van der Waals surface area contributed by atoms with Gasteiger partial charge in [-0.15, -0.1) is 0 Å². The van der Waals surface area contributed by atoms with E-state index in [0.29, 0.717) is 0 Å². The Balaban J connectivity index is 2.58. The molecule has 0 aliphatic heterocycles. The average molecular weight is 203 g/mol. The van der Waals surface area contributed by atoms with Crippen molar-refractivity contribution in [1.29, 1.82) is 0 Å². The fourth-order valence-corrected chi connectivity index (χ4v) is 2.26. The molecule has 1 aliphatic rings. The van der Waals surface area contributed by atoms with E-state index in [9.17, 15) is 9.90 Å². The van der Waals surface area contributed by atoms with Crippen LogP contribution in [0.4, 0.5) is 0 Å². The molecule has 0 bridgehead atoms. The van der Waals surface area contributed by atoms with Gasteiger partial charge in [0.2, 0.25) is 6.08 Å². The van der Waals surface area contributed by atoms with E-state index in [-0.39, 0.29) is 5.75 Å². The second-order valence-corrected chi connectivity index (χ2v) is 4.17. The summed E-state index contributed by atoms with van der Waals surface area (Å²) in [6.07, 6.45) is 4.46. The number of aromatic hydroxyl groups is 1. The largest absolute Gasteiger partial charge is 0.508 e. The molecule has 1 N–H and O–H groups in total. The van der Waals surface area contributed by atoms with E-state index in [1.165, 1.54) is 5.56 Å². The maximum absolute atomic E-state index is 10.4. The van der Waals surface area contributed by atoms with Crippen LogP contribution in [-0.4, -0.2) is 11.2 Å². The van der Waals surface area contributed by atoms with Crippen molar-refractivity contribution < 1.29 is 9.90 Å². The van der Waals surface area contributed by atoms with Crippen molar-refractivity contribution >= 4 is 6.08 Å². The highest BCUT2D eigenvalue weighted by Gasteiger charge is 2.31. The first-order chi connectivity index (χ1) is 7.15. The molecule has 78 valence electrons. The summed E-state index contributed by atoms with van der Waals surface area (Å²) in [6, 6.07) is 5.28. The molecule has 1 aromatic rings. The van der Waals surface area contributed by atoms with Crippen LogP contribution in [0.3, 0.4) is 0 Å². The molecule has 1 aromatic carbocycles. The standard InChI is InChI=1S/C12H13NO2/c1-12(13-8-14)6-2-3-9-4-5-10(15)7-11(9)12/h4-5,7,15H,2-3,6H2,1H3. The molecule has 3 heteroatoms. The van der Waals surface area contributed by atoms with Gasteiger partial charge in [-0.2, -0.15) is 4.99 Å². The molecular formula is C12H13NO2. The van der Waals surface area contributed by atoms with Crippen LogP contribution in [0.25, 0.3) is 0 Å². The van der Waals surface area contributed by atoms with E-state index in [1.807, 2.05) is 13.0 Å². The maximum atomic E-state index is 10.4. The van der Waals surface area contributed by atoms with Gasteiger partial charge in [0.05, 0.1) is 5.54 Å². The number of phenols is 1. The highest BCUT2D eigenvalue weighted by atomic mass is 16.3. The molecular weight excluding hydrogens is 190 g/mol. The normalized spacial score (nSPS) is 24.1. The molecule has 0 radical (unpaired) electrons. The van der Waals surface area contributed by atoms with Crippen LogP contribution in [0.1, 0.15) is 30.9 Å². The highest BCUT2D eigenvalue weighted by Crippen LogP contribution is 2.39. The summed E-state index contributed by atoms with van der Waals surface area (Å²) >= 11 is 0. The Morgan fingerprint density at radius 3 is 3.07 bits per heavy atom. The van der Waals surface area contributed by atoms with E-state index >= 15 is 0 Å². The van der Waals surface area contributed by atoms with E-state index in [0.717, 1.165) is 24.8 Å². The summed E-state index contributed by atoms with van der Waals surface area (Å²) in [5.74, 6) is 0.225.